The molecule has 6 heteroatoms. The van der Waals surface area contributed by atoms with Crippen molar-refractivity contribution in [2.24, 2.45) is 7.05 Å². The van der Waals surface area contributed by atoms with Gasteiger partial charge < -0.3 is 10.5 Å². The zero-order valence-electron chi connectivity index (χ0n) is 9.27. The van der Waals surface area contributed by atoms with Gasteiger partial charge in [-0.3, -0.25) is 4.57 Å². The first-order valence-electron chi connectivity index (χ1n) is 5.02. The molecule has 0 saturated carbocycles. The van der Waals surface area contributed by atoms with E-state index in [-0.39, 0.29) is 0 Å². The van der Waals surface area contributed by atoms with Crippen molar-refractivity contribution in [3.63, 3.8) is 0 Å². The van der Waals surface area contributed by atoms with Gasteiger partial charge in [-0.1, -0.05) is 18.2 Å². The molecule has 15 heavy (non-hydrogen) atoms. The van der Waals surface area contributed by atoms with Gasteiger partial charge in [-0.2, -0.15) is 0 Å². The maximum Gasteiger partial charge on any atom is 0.222 e. The van der Waals surface area contributed by atoms with Crippen LogP contribution in [0.3, 0.4) is 0 Å². The van der Waals surface area contributed by atoms with E-state index in [2.05, 4.69) is 10.2 Å². The molecule has 1 aromatic rings. The summed E-state index contributed by atoms with van der Waals surface area (Å²) < 4.78 is 6.78. The zero-order chi connectivity index (χ0) is 11.1. The van der Waals surface area contributed by atoms with Crippen LogP contribution in [0.2, 0.25) is 0 Å². The Balaban J connectivity index is 2.12. The fraction of sp³-hybridized carbons (Fsp3) is 0.778. The standard InChI is InChI=1S/C9H18N4OS/c1-13-8(10)11-12-9(13)15-7-5-3-4-6-14-2/h3-7H2,1-2H3,(H2,10,11). The number of unbranched alkanes of at least 4 members (excludes halogenated alkanes) is 2. The minimum Gasteiger partial charge on any atom is -0.385 e. The average Bonchev–Trinajstić information content (AvgIpc) is 2.54. The van der Waals surface area contributed by atoms with E-state index in [1.54, 1.807) is 23.4 Å². The molecule has 0 amide bonds. The van der Waals surface area contributed by atoms with Crippen LogP contribution in [-0.4, -0.2) is 34.2 Å². The molecule has 1 aromatic heterocycles. The molecule has 0 fully saturated rings. The van der Waals surface area contributed by atoms with E-state index in [1.165, 1.54) is 12.8 Å². The highest BCUT2D eigenvalue weighted by Crippen LogP contribution is 2.17. The number of nitrogens with zero attached hydrogens (tertiary/aromatic N) is 3. The molecule has 0 aromatic carbocycles. The van der Waals surface area contributed by atoms with Crippen LogP contribution >= 0.6 is 11.8 Å². The monoisotopic (exact) mass is 230 g/mol. The molecule has 0 unspecified atom stereocenters. The summed E-state index contributed by atoms with van der Waals surface area (Å²) in [5.74, 6) is 1.52. The third-order valence-electron chi connectivity index (χ3n) is 2.09. The van der Waals surface area contributed by atoms with Crippen LogP contribution in [0.4, 0.5) is 5.95 Å². The molecule has 0 aliphatic heterocycles. The first-order chi connectivity index (χ1) is 7.25. The summed E-state index contributed by atoms with van der Waals surface area (Å²) in [4.78, 5) is 0. The lowest BCUT2D eigenvalue weighted by Crippen LogP contribution is -1.98. The number of methoxy groups -OCH3 is 1. The fourth-order valence-corrected chi connectivity index (χ4v) is 2.06. The number of hydrogen-bond donors (Lipinski definition) is 1. The second-order valence-corrected chi connectivity index (χ2v) is 4.36. The summed E-state index contributed by atoms with van der Waals surface area (Å²) in [6, 6.07) is 0. The second kappa shape index (κ2) is 6.68. The van der Waals surface area contributed by atoms with Crippen LogP contribution in [0.25, 0.3) is 0 Å². The summed E-state index contributed by atoms with van der Waals surface area (Å²) in [5, 5.41) is 8.66. The first kappa shape index (κ1) is 12.3. The van der Waals surface area contributed by atoms with Crippen LogP contribution in [0, 0.1) is 0 Å². The van der Waals surface area contributed by atoms with Crippen molar-refractivity contribution < 1.29 is 4.74 Å². The molecular formula is C9H18N4OS. The van der Waals surface area contributed by atoms with E-state index >= 15 is 0 Å². The maximum atomic E-state index is 5.57. The van der Waals surface area contributed by atoms with Gasteiger partial charge in [-0.15, -0.1) is 10.2 Å². The van der Waals surface area contributed by atoms with Crippen molar-refractivity contribution in [1.82, 2.24) is 14.8 Å². The van der Waals surface area contributed by atoms with Crippen molar-refractivity contribution in [3.05, 3.63) is 0 Å². The van der Waals surface area contributed by atoms with Crippen molar-refractivity contribution in [3.8, 4) is 0 Å². The summed E-state index contributed by atoms with van der Waals surface area (Å²) in [6.07, 6.45) is 3.48. The Morgan fingerprint density at radius 3 is 2.73 bits per heavy atom. The Bertz CT molecular complexity index is 290. The molecule has 0 atom stereocenters. The third-order valence-corrected chi connectivity index (χ3v) is 3.20. The fourth-order valence-electron chi connectivity index (χ4n) is 1.14. The SMILES string of the molecule is COCCCCCSc1nnc(N)n1C. The van der Waals surface area contributed by atoms with Gasteiger partial charge in [0.1, 0.15) is 0 Å². The third kappa shape index (κ3) is 4.09. The molecule has 0 spiro atoms. The number of anilines is 1. The predicted molar refractivity (Wildman–Crippen MR) is 61.9 cm³/mol. The Morgan fingerprint density at radius 1 is 1.33 bits per heavy atom. The van der Waals surface area contributed by atoms with Gasteiger partial charge in [0.25, 0.3) is 0 Å². The molecule has 0 bridgehead atoms. The maximum absolute atomic E-state index is 5.57. The van der Waals surface area contributed by atoms with Crippen LogP contribution in [0.1, 0.15) is 19.3 Å². The van der Waals surface area contributed by atoms with Crippen LogP contribution in [0.5, 0.6) is 0 Å². The van der Waals surface area contributed by atoms with Gasteiger partial charge in [-0.05, 0) is 12.8 Å². The van der Waals surface area contributed by atoms with Gasteiger partial charge >= 0.3 is 0 Å². The Labute approximate surface area is 94.4 Å². The first-order valence-corrected chi connectivity index (χ1v) is 6.01. The number of ether oxygens (including phenoxy) is 1. The van der Waals surface area contributed by atoms with E-state index in [1.807, 2.05) is 7.05 Å². The highest BCUT2D eigenvalue weighted by Gasteiger charge is 2.04. The molecular weight excluding hydrogens is 212 g/mol. The lowest BCUT2D eigenvalue weighted by atomic mass is 10.3. The number of hydrogen-bond acceptors (Lipinski definition) is 5. The Morgan fingerprint density at radius 2 is 2.13 bits per heavy atom. The van der Waals surface area contributed by atoms with Crippen LogP contribution in [0.15, 0.2) is 5.16 Å². The van der Waals surface area contributed by atoms with Crippen molar-refractivity contribution >= 4 is 17.7 Å². The quantitative estimate of drug-likeness (QED) is 0.565. The smallest absolute Gasteiger partial charge is 0.222 e. The number of aromatic nitrogens is 3. The second-order valence-electron chi connectivity index (χ2n) is 3.30. The van der Waals surface area contributed by atoms with E-state index in [0.717, 1.165) is 23.9 Å². The molecule has 0 saturated heterocycles. The average molecular weight is 230 g/mol. The van der Waals surface area contributed by atoms with Gasteiger partial charge in [-0.25, -0.2) is 0 Å². The lowest BCUT2D eigenvalue weighted by Gasteiger charge is -2.01. The largest absolute Gasteiger partial charge is 0.385 e. The van der Waals surface area contributed by atoms with Gasteiger partial charge in [0, 0.05) is 26.5 Å². The van der Waals surface area contributed by atoms with Crippen LogP contribution < -0.4 is 5.73 Å². The van der Waals surface area contributed by atoms with Crippen molar-refractivity contribution in [2.75, 3.05) is 25.2 Å². The molecule has 86 valence electrons. The number of thioether (sulfide) groups is 1. The number of nitrogen functional groups attached to an aromatic ring is 1. The normalized spacial score (nSPS) is 10.8. The highest BCUT2D eigenvalue weighted by molar-refractivity contribution is 7.99. The van der Waals surface area contributed by atoms with E-state index < -0.39 is 0 Å². The minimum absolute atomic E-state index is 0.469. The van der Waals surface area contributed by atoms with Crippen molar-refractivity contribution in [2.45, 2.75) is 24.4 Å². The Kier molecular flexibility index (Phi) is 5.49. The number of nitrogens with two attached hydrogens (primary N) is 1. The summed E-state index contributed by atoms with van der Waals surface area (Å²) >= 11 is 1.69. The van der Waals surface area contributed by atoms with E-state index in [0.29, 0.717) is 5.95 Å². The summed E-state index contributed by atoms with van der Waals surface area (Å²) in [5.41, 5.74) is 5.57. The molecule has 0 aliphatic rings. The van der Waals surface area contributed by atoms with E-state index in [4.69, 9.17) is 10.5 Å². The van der Waals surface area contributed by atoms with Crippen LogP contribution in [-0.2, 0) is 11.8 Å². The molecule has 5 nitrogen and oxygen atoms in total. The van der Waals surface area contributed by atoms with E-state index in [9.17, 15) is 0 Å². The molecule has 1 heterocycles. The lowest BCUT2D eigenvalue weighted by molar-refractivity contribution is 0.192. The topological polar surface area (TPSA) is 66.0 Å². The molecule has 0 aliphatic carbocycles. The molecule has 2 N–H and O–H groups in total. The summed E-state index contributed by atoms with van der Waals surface area (Å²) in [6.45, 7) is 0.849. The predicted octanol–water partition coefficient (Wildman–Crippen LogP) is 1.31. The number of rotatable bonds is 7. The van der Waals surface area contributed by atoms with Crippen molar-refractivity contribution in [1.29, 1.82) is 0 Å². The molecule has 1 rings (SSSR count). The highest BCUT2D eigenvalue weighted by atomic mass is 32.2. The van der Waals surface area contributed by atoms with Gasteiger partial charge in [0.2, 0.25) is 5.95 Å². The minimum atomic E-state index is 0.469. The zero-order valence-corrected chi connectivity index (χ0v) is 10.1. The van der Waals surface area contributed by atoms with Gasteiger partial charge in [0.15, 0.2) is 5.16 Å². The Hall–Kier alpha value is -0.750. The molecule has 0 radical (unpaired) electrons. The van der Waals surface area contributed by atoms with Gasteiger partial charge in [0.05, 0.1) is 0 Å². The summed E-state index contributed by atoms with van der Waals surface area (Å²) in [7, 11) is 3.61.